The largest absolute Gasteiger partial charge is 0.507 e. The number of Topliss-reactive ketones (excluding diaryl/α,β-unsaturated/α-hetero) is 1. The molecule has 1 atom stereocenters. The van der Waals surface area contributed by atoms with Crippen LogP contribution in [0.1, 0.15) is 33.2 Å². The highest BCUT2D eigenvalue weighted by Gasteiger charge is 2.46. The SMILES string of the molecule is Cc1cc(/C(O)=C2/C(=O)C(=O)N(Cc3cccs3)C2c2ccc(F)cc2)ccc1OCc1ccccc1. The first-order valence-electron chi connectivity index (χ1n) is 11.8. The maximum absolute atomic E-state index is 13.7. The molecule has 2 heterocycles. The van der Waals surface area contributed by atoms with Crippen LogP contribution in [0.15, 0.2) is 95.9 Å². The fourth-order valence-corrected chi connectivity index (χ4v) is 5.16. The molecule has 0 spiro atoms. The van der Waals surface area contributed by atoms with Crippen LogP contribution in [0, 0.1) is 12.7 Å². The van der Waals surface area contributed by atoms with Crippen LogP contribution in [0.25, 0.3) is 5.76 Å². The van der Waals surface area contributed by atoms with E-state index in [1.807, 2.05) is 54.8 Å². The highest BCUT2D eigenvalue weighted by atomic mass is 32.1. The molecule has 1 unspecified atom stereocenters. The number of aryl methyl sites for hydroxylation is 1. The van der Waals surface area contributed by atoms with Gasteiger partial charge in [-0.15, -0.1) is 11.3 Å². The Morgan fingerprint density at radius 1 is 1.00 bits per heavy atom. The lowest BCUT2D eigenvalue weighted by atomic mass is 9.94. The molecule has 4 aromatic rings. The van der Waals surface area contributed by atoms with Gasteiger partial charge in [-0.3, -0.25) is 9.59 Å². The van der Waals surface area contributed by atoms with Crippen molar-refractivity contribution in [2.24, 2.45) is 0 Å². The Bertz CT molecular complexity index is 1460. The molecule has 1 aliphatic rings. The highest BCUT2D eigenvalue weighted by Crippen LogP contribution is 2.41. The molecule has 5 rings (SSSR count). The Balaban J connectivity index is 1.51. The molecule has 1 fully saturated rings. The standard InChI is InChI=1S/C30H24FNO4S/c1-19-16-22(11-14-25(19)36-18-20-6-3-2-4-7-20)28(33)26-27(21-9-12-23(31)13-10-21)32(30(35)29(26)34)17-24-8-5-15-37-24/h2-16,27,33H,17-18H2,1H3/b28-26-. The molecular weight excluding hydrogens is 489 g/mol. The zero-order chi connectivity index (χ0) is 25.9. The number of halogens is 1. The number of benzene rings is 3. The van der Waals surface area contributed by atoms with Crippen molar-refractivity contribution in [3.63, 3.8) is 0 Å². The molecule has 1 amide bonds. The average molecular weight is 514 g/mol. The minimum atomic E-state index is -0.850. The number of likely N-dealkylation sites (tertiary alicyclic amines) is 1. The molecule has 3 aromatic carbocycles. The number of carbonyl (C=O) groups is 2. The highest BCUT2D eigenvalue weighted by molar-refractivity contribution is 7.09. The topological polar surface area (TPSA) is 66.8 Å². The lowest BCUT2D eigenvalue weighted by molar-refractivity contribution is -0.140. The van der Waals surface area contributed by atoms with Gasteiger partial charge in [0.1, 0.15) is 23.9 Å². The van der Waals surface area contributed by atoms with Crippen molar-refractivity contribution in [2.75, 3.05) is 0 Å². The van der Waals surface area contributed by atoms with Gasteiger partial charge in [-0.25, -0.2) is 4.39 Å². The molecule has 0 saturated carbocycles. The van der Waals surface area contributed by atoms with Crippen molar-refractivity contribution >= 4 is 28.8 Å². The molecule has 186 valence electrons. The molecule has 0 radical (unpaired) electrons. The summed E-state index contributed by atoms with van der Waals surface area (Å²) in [5.74, 6) is -1.54. The van der Waals surface area contributed by atoms with Crippen LogP contribution in [0.5, 0.6) is 5.75 Å². The third kappa shape index (κ3) is 5.04. The maximum atomic E-state index is 13.7. The van der Waals surface area contributed by atoms with Gasteiger partial charge in [0.2, 0.25) is 0 Å². The van der Waals surface area contributed by atoms with Gasteiger partial charge in [0.25, 0.3) is 11.7 Å². The second kappa shape index (κ2) is 10.4. The van der Waals surface area contributed by atoms with Gasteiger partial charge >= 0.3 is 0 Å². The van der Waals surface area contributed by atoms with Gasteiger partial charge in [-0.1, -0.05) is 48.5 Å². The first-order chi connectivity index (χ1) is 17.9. The van der Waals surface area contributed by atoms with E-state index in [4.69, 9.17) is 4.74 Å². The van der Waals surface area contributed by atoms with E-state index in [9.17, 15) is 19.1 Å². The number of ether oxygens (including phenoxy) is 1. The van der Waals surface area contributed by atoms with Gasteiger partial charge in [0, 0.05) is 10.4 Å². The molecule has 0 bridgehead atoms. The van der Waals surface area contributed by atoms with Crippen LogP contribution in [0.2, 0.25) is 0 Å². The van der Waals surface area contributed by atoms with E-state index in [1.165, 1.54) is 40.5 Å². The smallest absolute Gasteiger partial charge is 0.295 e. The quantitative estimate of drug-likeness (QED) is 0.177. The Morgan fingerprint density at radius 3 is 2.43 bits per heavy atom. The van der Waals surface area contributed by atoms with Crippen LogP contribution in [0.3, 0.4) is 0 Å². The zero-order valence-corrected chi connectivity index (χ0v) is 20.9. The molecule has 7 heteroatoms. The summed E-state index contributed by atoms with van der Waals surface area (Å²) in [5, 5.41) is 13.2. The summed E-state index contributed by atoms with van der Waals surface area (Å²) in [4.78, 5) is 28.6. The van der Waals surface area contributed by atoms with Crippen LogP contribution >= 0.6 is 11.3 Å². The number of hydrogen-bond acceptors (Lipinski definition) is 5. The average Bonchev–Trinajstić information content (AvgIpc) is 3.51. The van der Waals surface area contributed by atoms with E-state index in [1.54, 1.807) is 18.2 Å². The summed E-state index contributed by atoms with van der Waals surface area (Å²) < 4.78 is 19.6. The van der Waals surface area contributed by atoms with E-state index >= 15 is 0 Å². The third-order valence-corrected chi connectivity index (χ3v) is 7.18. The summed E-state index contributed by atoms with van der Waals surface area (Å²) in [6, 6.07) is 23.4. The number of rotatable bonds is 7. The second-order valence-electron chi connectivity index (χ2n) is 8.81. The molecule has 0 aliphatic carbocycles. The third-order valence-electron chi connectivity index (χ3n) is 6.32. The molecule has 37 heavy (non-hydrogen) atoms. The van der Waals surface area contributed by atoms with Crippen molar-refractivity contribution < 1.29 is 23.8 Å². The van der Waals surface area contributed by atoms with E-state index < -0.39 is 23.5 Å². The minimum Gasteiger partial charge on any atom is -0.507 e. The van der Waals surface area contributed by atoms with Crippen molar-refractivity contribution in [2.45, 2.75) is 26.1 Å². The molecule has 5 nitrogen and oxygen atoms in total. The monoisotopic (exact) mass is 513 g/mol. The molecule has 1 aromatic heterocycles. The summed E-state index contributed by atoms with van der Waals surface area (Å²) in [7, 11) is 0. The van der Waals surface area contributed by atoms with Gasteiger partial charge in [0.15, 0.2) is 0 Å². The number of amides is 1. The Morgan fingerprint density at radius 2 is 1.76 bits per heavy atom. The van der Waals surface area contributed by atoms with Gasteiger partial charge in [0.05, 0.1) is 18.2 Å². The van der Waals surface area contributed by atoms with Crippen molar-refractivity contribution in [1.29, 1.82) is 0 Å². The Labute approximate surface area is 218 Å². The summed E-state index contributed by atoms with van der Waals surface area (Å²) in [6.45, 7) is 2.45. The fraction of sp³-hybridized carbons (Fsp3) is 0.133. The molecular formula is C30H24FNO4S. The normalized spacial score (nSPS) is 16.8. The van der Waals surface area contributed by atoms with Crippen molar-refractivity contribution in [1.82, 2.24) is 4.90 Å². The number of hydrogen-bond donors (Lipinski definition) is 1. The van der Waals surface area contributed by atoms with Crippen LogP contribution in [-0.2, 0) is 22.7 Å². The van der Waals surface area contributed by atoms with Crippen molar-refractivity contribution in [3.05, 3.63) is 129 Å². The maximum Gasteiger partial charge on any atom is 0.295 e. The number of aliphatic hydroxyl groups excluding tert-OH is 1. The summed E-state index contributed by atoms with van der Waals surface area (Å²) >= 11 is 1.47. The van der Waals surface area contributed by atoms with E-state index in [-0.39, 0.29) is 17.9 Å². The second-order valence-corrected chi connectivity index (χ2v) is 9.84. The predicted molar refractivity (Wildman–Crippen MR) is 141 cm³/mol. The number of aliphatic hydroxyl groups is 1. The molecule has 1 N–H and O–H groups in total. The molecule has 1 saturated heterocycles. The summed E-state index contributed by atoms with van der Waals surface area (Å²) in [6.07, 6.45) is 0. The number of nitrogens with zero attached hydrogens (tertiary/aromatic N) is 1. The lowest BCUT2D eigenvalue weighted by Crippen LogP contribution is -2.28. The van der Waals surface area contributed by atoms with E-state index in [0.29, 0.717) is 23.5 Å². The first kappa shape index (κ1) is 24.5. The van der Waals surface area contributed by atoms with E-state index in [2.05, 4.69) is 0 Å². The van der Waals surface area contributed by atoms with Gasteiger partial charge in [-0.2, -0.15) is 0 Å². The number of thiophene rings is 1. The fourth-order valence-electron chi connectivity index (χ4n) is 4.45. The molecule has 1 aliphatic heterocycles. The van der Waals surface area contributed by atoms with Crippen LogP contribution in [-0.4, -0.2) is 21.7 Å². The predicted octanol–water partition coefficient (Wildman–Crippen LogP) is 6.40. The van der Waals surface area contributed by atoms with Crippen molar-refractivity contribution in [3.8, 4) is 5.75 Å². The zero-order valence-electron chi connectivity index (χ0n) is 20.1. The summed E-state index contributed by atoms with van der Waals surface area (Å²) in [5.41, 5.74) is 2.71. The minimum absolute atomic E-state index is 0.0227. The Kier molecular flexibility index (Phi) is 6.88. The lowest BCUT2D eigenvalue weighted by Gasteiger charge is -2.25. The van der Waals surface area contributed by atoms with E-state index in [0.717, 1.165) is 16.0 Å². The first-order valence-corrected chi connectivity index (χ1v) is 12.6. The number of carbonyl (C=O) groups excluding carboxylic acids is 2. The van der Waals surface area contributed by atoms with Crippen LogP contribution in [0.4, 0.5) is 4.39 Å². The Hall–Kier alpha value is -4.23. The van der Waals surface area contributed by atoms with Crippen LogP contribution < -0.4 is 4.74 Å². The van der Waals surface area contributed by atoms with Gasteiger partial charge < -0.3 is 14.7 Å². The number of ketones is 1. The van der Waals surface area contributed by atoms with Gasteiger partial charge in [-0.05, 0) is 65.4 Å².